The molecule has 0 heterocycles. The standard InChI is InChI=1S/C13H26N2O2/c1-12(2,3)17-11(16)15-13(4)7-5-10(9-14)6-8-13/h10H,5-9,14H2,1-4H3,(H,15,16)/t10-,13-. The summed E-state index contributed by atoms with van der Waals surface area (Å²) in [6, 6.07) is 0. The van der Waals surface area contributed by atoms with Crippen LogP contribution in [0.2, 0.25) is 0 Å². The third-order valence-corrected chi connectivity index (χ3v) is 3.34. The zero-order chi connectivity index (χ0) is 13.1. The highest BCUT2D eigenvalue weighted by Gasteiger charge is 2.33. The summed E-state index contributed by atoms with van der Waals surface area (Å²) in [5.74, 6) is 0.614. The lowest BCUT2D eigenvalue weighted by Crippen LogP contribution is -2.50. The van der Waals surface area contributed by atoms with E-state index in [0.29, 0.717) is 5.92 Å². The van der Waals surface area contributed by atoms with Crippen LogP contribution in [0.15, 0.2) is 0 Å². The van der Waals surface area contributed by atoms with Gasteiger partial charge < -0.3 is 15.8 Å². The molecule has 17 heavy (non-hydrogen) atoms. The Hall–Kier alpha value is -0.770. The first-order chi connectivity index (χ1) is 7.74. The van der Waals surface area contributed by atoms with E-state index in [0.717, 1.165) is 32.2 Å². The molecule has 0 bridgehead atoms. The Kier molecular flexibility index (Phi) is 4.42. The van der Waals surface area contributed by atoms with Crippen molar-refractivity contribution in [3.8, 4) is 0 Å². The number of hydrogen-bond acceptors (Lipinski definition) is 3. The molecule has 1 amide bonds. The smallest absolute Gasteiger partial charge is 0.408 e. The molecule has 0 radical (unpaired) electrons. The van der Waals surface area contributed by atoms with Crippen LogP contribution in [0.5, 0.6) is 0 Å². The van der Waals surface area contributed by atoms with E-state index in [9.17, 15) is 4.79 Å². The molecule has 0 aromatic carbocycles. The predicted molar refractivity (Wildman–Crippen MR) is 68.8 cm³/mol. The molecule has 3 N–H and O–H groups in total. The molecular weight excluding hydrogens is 216 g/mol. The van der Waals surface area contributed by atoms with Gasteiger partial charge >= 0.3 is 6.09 Å². The van der Waals surface area contributed by atoms with E-state index in [2.05, 4.69) is 12.2 Å². The van der Waals surface area contributed by atoms with Gasteiger partial charge in [0.1, 0.15) is 5.60 Å². The van der Waals surface area contributed by atoms with Crippen molar-refractivity contribution >= 4 is 6.09 Å². The fraction of sp³-hybridized carbons (Fsp3) is 0.923. The summed E-state index contributed by atoms with van der Waals surface area (Å²) in [4.78, 5) is 11.7. The van der Waals surface area contributed by atoms with Crippen LogP contribution in [0.1, 0.15) is 53.4 Å². The van der Waals surface area contributed by atoms with Crippen LogP contribution in [0.25, 0.3) is 0 Å². The Bertz CT molecular complexity index is 263. The number of amides is 1. The second-order valence-electron chi connectivity index (χ2n) is 6.37. The maximum atomic E-state index is 11.7. The van der Waals surface area contributed by atoms with Crippen LogP contribution in [0, 0.1) is 5.92 Å². The normalized spacial score (nSPS) is 29.8. The van der Waals surface area contributed by atoms with Crippen LogP contribution in [-0.4, -0.2) is 23.8 Å². The van der Waals surface area contributed by atoms with Gasteiger partial charge in [-0.1, -0.05) is 0 Å². The lowest BCUT2D eigenvalue weighted by atomic mass is 9.78. The van der Waals surface area contributed by atoms with Crippen molar-refractivity contribution < 1.29 is 9.53 Å². The molecule has 0 aliphatic heterocycles. The van der Waals surface area contributed by atoms with Crippen molar-refractivity contribution in [2.24, 2.45) is 11.7 Å². The minimum absolute atomic E-state index is 0.131. The minimum atomic E-state index is -0.436. The Balaban J connectivity index is 2.43. The van der Waals surface area contributed by atoms with E-state index in [4.69, 9.17) is 10.5 Å². The molecule has 4 nitrogen and oxygen atoms in total. The van der Waals surface area contributed by atoms with Gasteiger partial charge in [-0.15, -0.1) is 0 Å². The highest BCUT2D eigenvalue weighted by molar-refractivity contribution is 5.68. The summed E-state index contributed by atoms with van der Waals surface area (Å²) < 4.78 is 5.28. The molecule has 1 rings (SSSR count). The number of carbonyl (C=O) groups excluding carboxylic acids is 1. The van der Waals surface area contributed by atoms with E-state index in [1.807, 2.05) is 20.8 Å². The summed E-state index contributed by atoms with van der Waals surface area (Å²) in [7, 11) is 0. The Labute approximate surface area is 104 Å². The van der Waals surface area contributed by atoms with Gasteiger partial charge in [0.15, 0.2) is 0 Å². The number of ether oxygens (including phenoxy) is 1. The van der Waals surface area contributed by atoms with Crippen molar-refractivity contribution in [2.75, 3.05) is 6.54 Å². The molecule has 100 valence electrons. The molecule has 1 aliphatic carbocycles. The van der Waals surface area contributed by atoms with Gasteiger partial charge in [0.05, 0.1) is 0 Å². The molecule has 1 aliphatic rings. The molecule has 0 aromatic rings. The topological polar surface area (TPSA) is 64.3 Å². The third kappa shape index (κ3) is 4.94. The molecule has 0 atom stereocenters. The highest BCUT2D eigenvalue weighted by atomic mass is 16.6. The van der Waals surface area contributed by atoms with Crippen LogP contribution in [-0.2, 0) is 4.74 Å². The number of rotatable bonds is 2. The molecule has 0 aromatic heterocycles. The van der Waals surface area contributed by atoms with E-state index >= 15 is 0 Å². The van der Waals surface area contributed by atoms with Crippen LogP contribution in [0.4, 0.5) is 4.79 Å². The van der Waals surface area contributed by atoms with Crippen molar-refractivity contribution in [3.63, 3.8) is 0 Å². The van der Waals surface area contributed by atoms with Crippen molar-refractivity contribution in [1.29, 1.82) is 0 Å². The Morgan fingerprint density at radius 1 is 1.41 bits per heavy atom. The quantitative estimate of drug-likeness (QED) is 0.781. The number of nitrogens with two attached hydrogens (primary N) is 1. The van der Waals surface area contributed by atoms with E-state index in [1.54, 1.807) is 0 Å². The number of nitrogens with one attached hydrogen (secondary N) is 1. The molecule has 0 saturated heterocycles. The third-order valence-electron chi connectivity index (χ3n) is 3.34. The molecule has 0 spiro atoms. The van der Waals surface area contributed by atoms with Crippen LogP contribution in [0.3, 0.4) is 0 Å². The molecular formula is C13H26N2O2. The molecule has 4 heteroatoms. The monoisotopic (exact) mass is 242 g/mol. The lowest BCUT2D eigenvalue weighted by molar-refractivity contribution is 0.0426. The Morgan fingerprint density at radius 3 is 2.35 bits per heavy atom. The molecule has 1 fully saturated rings. The van der Waals surface area contributed by atoms with Crippen molar-refractivity contribution in [2.45, 2.75) is 64.5 Å². The van der Waals surface area contributed by atoms with E-state index in [-0.39, 0.29) is 11.6 Å². The van der Waals surface area contributed by atoms with Gasteiger partial charge in [-0.3, -0.25) is 0 Å². The Morgan fingerprint density at radius 2 is 1.94 bits per heavy atom. The van der Waals surface area contributed by atoms with Gasteiger partial charge in [0.2, 0.25) is 0 Å². The van der Waals surface area contributed by atoms with Crippen molar-refractivity contribution in [3.05, 3.63) is 0 Å². The second kappa shape index (κ2) is 5.25. The zero-order valence-electron chi connectivity index (χ0n) is 11.5. The van der Waals surface area contributed by atoms with Gasteiger partial charge in [0.25, 0.3) is 0 Å². The maximum absolute atomic E-state index is 11.7. The summed E-state index contributed by atoms with van der Waals surface area (Å²) >= 11 is 0. The van der Waals surface area contributed by atoms with Crippen LogP contribution < -0.4 is 11.1 Å². The second-order valence-corrected chi connectivity index (χ2v) is 6.37. The molecule has 0 unspecified atom stereocenters. The van der Waals surface area contributed by atoms with E-state index < -0.39 is 5.60 Å². The number of carbonyl (C=O) groups is 1. The lowest BCUT2D eigenvalue weighted by Gasteiger charge is -2.38. The number of alkyl carbamates (subject to hydrolysis) is 1. The first-order valence-corrected chi connectivity index (χ1v) is 6.45. The van der Waals surface area contributed by atoms with Gasteiger partial charge in [-0.25, -0.2) is 4.79 Å². The first kappa shape index (κ1) is 14.3. The summed E-state index contributed by atoms with van der Waals surface area (Å²) in [5, 5.41) is 2.99. The first-order valence-electron chi connectivity index (χ1n) is 6.45. The largest absolute Gasteiger partial charge is 0.444 e. The SMILES string of the molecule is CC(C)(C)OC(=O)N[C@]1(C)CC[C@@H](CN)CC1. The van der Waals surface area contributed by atoms with Gasteiger partial charge in [-0.2, -0.15) is 0 Å². The zero-order valence-corrected chi connectivity index (χ0v) is 11.5. The maximum Gasteiger partial charge on any atom is 0.408 e. The fourth-order valence-electron chi connectivity index (χ4n) is 2.23. The van der Waals surface area contributed by atoms with Gasteiger partial charge in [0, 0.05) is 5.54 Å². The average molecular weight is 242 g/mol. The highest BCUT2D eigenvalue weighted by Crippen LogP contribution is 2.31. The van der Waals surface area contributed by atoms with Crippen LogP contribution >= 0.6 is 0 Å². The van der Waals surface area contributed by atoms with E-state index in [1.165, 1.54) is 0 Å². The minimum Gasteiger partial charge on any atom is -0.444 e. The number of hydrogen-bond donors (Lipinski definition) is 2. The van der Waals surface area contributed by atoms with Crippen molar-refractivity contribution in [1.82, 2.24) is 5.32 Å². The van der Waals surface area contributed by atoms with Gasteiger partial charge in [-0.05, 0) is 65.8 Å². The predicted octanol–water partition coefficient (Wildman–Crippen LogP) is 2.42. The molecule has 1 saturated carbocycles. The fourth-order valence-corrected chi connectivity index (χ4v) is 2.23. The summed E-state index contributed by atoms with van der Waals surface area (Å²) in [6.45, 7) is 8.47. The summed E-state index contributed by atoms with van der Waals surface area (Å²) in [5.41, 5.74) is 5.10. The summed E-state index contributed by atoms with van der Waals surface area (Å²) in [6.07, 6.45) is 3.82. The average Bonchev–Trinajstić information content (AvgIpc) is 2.15.